The fourth-order valence-electron chi connectivity index (χ4n) is 1.75. The fraction of sp³-hybridized carbons (Fsp3) is 0.455. The van der Waals surface area contributed by atoms with Gasteiger partial charge in [0.15, 0.2) is 0 Å². The highest BCUT2D eigenvalue weighted by atomic mass is 19.4. The van der Waals surface area contributed by atoms with Gasteiger partial charge < -0.3 is 5.32 Å². The molecular formula is C11H13F3N2. The van der Waals surface area contributed by atoms with Gasteiger partial charge in [-0.15, -0.1) is 0 Å². The number of halogens is 3. The Kier molecular flexibility index (Phi) is 3.16. The van der Waals surface area contributed by atoms with E-state index >= 15 is 0 Å². The Morgan fingerprint density at radius 3 is 2.38 bits per heavy atom. The van der Waals surface area contributed by atoms with Crippen LogP contribution in [0.4, 0.5) is 13.2 Å². The Balaban J connectivity index is 2.01. The van der Waals surface area contributed by atoms with Crippen LogP contribution in [-0.4, -0.2) is 24.7 Å². The van der Waals surface area contributed by atoms with Crippen molar-refractivity contribution >= 4 is 0 Å². The Morgan fingerprint density at radius 2 is 1.88 bits per heavy atom. The minimum absolute atomic E-state index is 0.587. The van der Waals surface area contributed by atoms with Crippen molar-refractivity contribution in [3.8, 4) is 0 Å². The van der Waals surface area contributed by atoms with Gasteiger partial charge in [0.05, 0.1) is 5.56 Å². The summed E-state index contributed by atoms with van der Waals surface area (Å²) >= 11 is 0. The van der Waals surface area contributed by atoms with Crippen LogP contribution in [0.3, 0.4) is 0 Å². The van der Waals surface area contributed by atoms with E-state index in [1.807, 2.05) is 0 Å². The molecule has 0 spiro atoms. The summed E-state index contributed by atoms with van der Waals surface area (Å²) < 4.78 is 36.9. The maximum atomic E-state index is 12.3. The van der Waals surface area contributed by atoms with Crippen LogP contribution < -0.4 is 5.32 Å². The molecule has 1 aromatic carbocycles. The molecular weight excluding hydrogens is 217 g/mol. The van der Waals surface area contributed by atoms with E-state index in [0.717, 1.165) is 37.5 Å². The number of hydrogen-bond acceptors (Lipinski definition) is 2. The first kappa shape index (κ1) is 11.4. The van der Waals surface area contributed by atoms with Gasteiger partial charge in [-0.1, -0.05) is 12.1 Å². The lowest BCUT2D eigenvalue weighted by atomic mass is 10.1. The standard InChI is InChI=1S/C11H13F3N2/c12-11(13,14)10-3-1-9(2-4-10)7-16-6-5-15-8-16/h1-4,15H,5-8H2. The van der Waals surface area contributed by atoms with Gasteiger partial charge in [-0.2, -0.15) is 13.2 Å². The number of nitrogens with one attached hydrogen (secondary N) is 1. The second-order valence-corrected chi connectivity index (χ2v) is 3.91. The van der Waals surface area contributed by atoms with Crippen LogP contribution in [0.2, 0.25) is 0 Å². The molecule has 1 aromatic rings. The summed E-state index contributed by atoms with van der Waals surface area (Å²) in [4.78, 5) is 2.16. The Labute approximate surface area is 92.1 Å². The van der Waals surface area contributed by atoms with Gasteiger partial charge in [-0.05, 0) is 17.7 Å². The lowest BCUT2D eigenvalue weighted by molar-refractivity contribution is -0.137. The molecule has 0 aromatic heterocycles. The predicted octanol–water partition coefficient (Wildman–Crippen LogP) is 2.07. The fourth-order valence-corrected chi connectivity index (χ4v) is 1.75. The average Bonchev–Trinajstić information content (AvgIpc) is 2.70. The van der Waals surface area contributed by atoms with Gasteiger partial charge in [-0.3, -0.25) is 4.90 Å². The van der Waals surface area contributed by atoms with Crippen LogP contribution in [0, 0.1) is 0 Å². The predicted molar refractivity (Wildman–Crippen MR) is 54.7 cm³/mol. The summed E-state index contributed by atoms with van der Waals surface area (Å²) in [7, 11) is 0. The third-order valence-electron chi connectivity index (χ3n) is 2.63. The Morgan fingerprint density at radius 1 is 1.19 bits per heavy atom. The molecule has 1 aliphatic rings. The zero-order valence-electron chi connectivity index (χ0n) is 8.72. The summed E-state index contributed by atoms with van der Waals surface area (Å²) in [6.45, 7) is 3.40. The summed E-state index contributed by atoms with van der Waals surface area (Å²) in [5.41, 5.74) is 0.326. The zero-order chi connectivity index (χ0) is 11.6. The number of nitrogens with zero attached hydrogens (tertiary/aromatic N) is 1. The van der Waals surface area contributed by atoms with Crippen molar-refractivity contribution in [1.82, 2.24) is 10.2 Å². The topological polar surface area (TPSA) is 15.3 Å². The Hall–Kier alpha value is -1.07. The van der Waals surface area contributed by atoms with E-state index in [1.54, 1.807) is 12.1 Å². The molecule has 0 atom stereocenters. The molecule has 1 aliphatic heterocycles. The number of rotatable bonds is 2. The molecule has 16 heavy (non-hydrogen) atoms. The van der Waals surface area contributed by atoms with Crippen molar-refractivity contribution in [2.75, 3.05) is 19.8 Å². The molecule has 1 saturated heterocycles. The largest absolute Gasteiger partial charge is 0.416 e. The number of hydrogen-bond donors (Lipinski definition) is 1. The molecule has 0 bridgehead atoms. The SMILES string of the molecule is FC(F)(F)c1ccc(CN2CCNC2)cc1. The van der Waals surface area contributed by atoms with Crippen LogP contribution in [0.1, 0.15) is 11.1 Å². The Bertz CT molecular complexity index is 339. The quantitative estimate of drug-likeness (QED) is 0.836. The maximum Gasteiger partial charge on any atom is 0.416 e. The summed E-state index contributed by atoms with van der Waals surface area (Å²) in [6, 6.07) is 5.36. The first-order valence-corrected chi connectivity index (χ1v) is 5.15. The molecule has 5 heteroatoms. The minimum Gasteiger partial charge on any atom is -0.303 e. The first-order chi connectivity index (χ1) is 7.55. The second kappa shape index (κ2) is 4.43. The van der Waals surface area contributed by atoms with Crippen molar-refractivity contribution in [3.05, 3.63) is 35.4 Å². The summed E-state index contributed by atoms with van der Waals surface area (Å²) in [6.07, 6.45) is -4.24. The van der Waals surface area contributed by atoms with Crippen LogP contribution in [-0.2, 0) is 12.7 Å². The molecule has 0 amide bonds. The van der Waals surface area contributed by atoms with Crippen LogP contribution >= 0.6 is 0 Å². The van der Waals surface area contributed by atoms with E-state index in [-0.39, 0.29) is 0 Å². The number of alkyl halides is 3. The minimum atomic E-state index is -4.24. The van der Waals surface area contributed by atoms with Crippen molar-refractivity contribution in [1.29, 1.82) is 0 Å². The van der Waals surface area contributed by atoms with Crippen molar-refractivity contribution in [3.63, 3.8) is 0 Å². The lowest BCUT2D eigenvalue weighted by Crippen LogP contribution is -2.21. The van der Waals surface area contributed by atoms with Gasteiger partial charge >= 0.3 is 6.18 Å². The van der Waals surface area contributed by atoms with Crippen LogP contribution in [0.25, 0.3) is 0 Å². The molecule has 88 valence electrons. The summed E-state index contributed by atoms with van der Waals surface area (Å²) in [5.74, 6) is 0. The molecule has 0 unspecified atom stereocenters. The normalized spacial score (nSPS) is 17.9. The second-order valence-electron chi connectivity index (χ2n) is 3.91. The van der Waals surface area contributed by atoms with Gasteiger partial charge in [-0.25, -0.2) is 0 Å². The van der Waals surface area contributed by atoms with Crippen molar-refractivity contribution in [2.24, 2.45) is 0 Å². The molecule has 2 rings (SSSR count). The van der Waals surface area contributed by atoms with Gasteiger partial charge in [0, 0.05) is 26.3 Å². The van der Waals surface area contributed by atoms with E-state index in [4.69, 9.17) is 0 Å². The highest BCUT2D eigenvalue weighted by molar-refractivity contribution is 5.24. The van der Waals surface area contributed by atoms with Crippen molar-refractivity contribution in [2.45, 2.75) is 12.7 Å². The molecule has 0 aliphatic carbocycles. The van der Waals surface area contributed by atoms with Crippen LogP contribution in [0.15, 0.2) is 24.3 Å². The average molecular weight is 230 g/mol. The number of benzene rings is 1. The zero-order valence-corrected chi connectivity index (χ0v) is 8.72. The highest BCUT2D eigenvalue weighted by Crippen LogP contribution is 2.29. The van der Waals surface area contributed by atoms with Gasteiger partial charge in [0.1, 0.15) is 0 Å². The van der Waals surface area contributed by atoms with Crippen LogP contribution in [0.5, 0.6) is 0 Å². The third-order valence-corrected chi connectivity index (χ3v) is 2.63. The van der Waals surface area contributed by atoms with E-state index in [0.29, 0.717) is 6.54 Å². The first-order valence-electron chi connectivity index (χ1n) is 5.15. The molecule has 1 heterocycles. The maximum absolute atomic E-state index is 12.3. The van der Waals surface area contributed by atoms with E-state index in [1.165, 1.54) is 0 Å². The third kappa shape index (κ3) is 2.74. The summed E-state index contributed by atoms with van der Waals surface area (Å²) in [5, 5.41) is 3.17. The van der Waals surface area contributed by atoms with E-state index < -0.39 is 11.7 Å². The van der Waals surface area contributed by atoms with E-state index in [2.05, 4.69) is 10.2 Å². The smallest absolute Gasteiger partial charge is 0.303 e. The monoisotopic (exact) mass is 230 g/mol. The molecule has 0 radical (unpaired) electrons. The molecule has 0 saturated carbocycles. The molecule has 2 nitrogen and oxygen atoms in total. The van der Waals surface area contributed by atoms with E-state index in [9.17, 15) is 13.2 Å². The molecule has 1 N–H and O–H groups in total. The van der Waals surface area contributed by atoms with Gasteiger partial charge in [0.2, 0.25) is 0 Å². The van der Waals surface area contributed by atoms with Crippen molar-refractivity contribution < 1.29 is 13.2 Å². The molecule has 1 fully saturated rings. The lowest BCUT2D eigenvalue weighted by Gasteiger charge is -2.14. The highest BCUT2D eigenvalue weighted by Gasteiger charge is 2.29. The van der Waals surface area contributed by atoms with Gasteiger partial charge in [0.25, 0.3) is 0 Å².